The molecule has 0 aliphatic carbocycles. The van der Waals surface area contributed by atoms with Gasteiger partial charge in [-0.25, -0.2) is 4.98 Å². The Morgan fingerprint density at radius 2 is 2.24 bits per heavy atom. The Labute approximate surface area is 127 Å². The first-order chi connectivity index (χ1) is 9.98. The van der Waals surface area contributed by atoms with E-state index in [1.165, 1.54) is 0 Å². The summed E-state index contributed by atoms with van der Waals surface area (Å²) in [6.45, 7) is 8.33. The smallest absolute Gasteiger partial charge is 0.259 e. The highest BCUT2D eigenvalue weighted by Crippen LogP contribution is 2.26. The van der Waals surface area contributed by atoms with E-state index >= 15 is 0 Å². The Morgan fingerprint density at radius 1 is 1.43 bits per heavy atom. The molecule has 5 nitrogen and oxygen atoms in total. The maximum atomic E-state index is 12.2. The van der Waals surface area contributed by atoms with E-state index in [9.17, 15) is 4.79 Å². The average molecular weight is 307 g/mol. The largest absolute Gasteiger partial charge is 0.366 e. The number of fused-ring (bicyclic) bond motifs is 1. The third-order valence-electron chi connectivity index (χ3n) is 4.20. The number of H-pyrrole nitrogens is 1. The number of hydrogen-bond acceptors (Lipinski definition) is 5. The summed E-state index contributed by atoms with van der Waals surface area (Å²) < 4.78 is 6.01. The molecular weight excluding hydrogens is 286 g/mol. The molecule has 2 aromatic heterocycles. The molecule has 0 aromatic carbocycles. The summed E-state index contributed by atoms with van der Waals surface area (Å²) in [7, 11) is 0. The maximum absolute atomic E-state index is 12.2. The van der Waals surface area contributed by atoms with Crippen molar-refractivity contribution in [2.24, 2.45) is 0 Å². The first kappa shape index (κ1) is 14.7. The number of nitrogens with zero attached hydrogens (tertiary/aromatic N) is 1. The molecule has 3 heterocycles. The zero-order chi connectivity index (χ0) is 15.0. The number of thiophene rings is 1. The lowest BCUT2D eigenvalue weighted by Gasteiger charge is -2.33. The Bertz CT molecular complexity index is 714. The van der Waals surface area contributed by atoms with Crippen LogP contribution in [0.3, 0.4) is 0 Å². The zero-order valence-corrected chi connectivity index (χ0v) is 13.5. The molecule has 1 aliphatic heterocycles. The van der Waals surface area contributed by atoms with E-state index < -0.39 is 0 Å². The van der Waals surface area contributed by atoms with Gasteiger partial charge in [0.1, 0.15) is 17.3 Å². The standard InChI is InChI=1S/C15H21N3O2S/c1-9-10(2)21-14-12(9)13(19)17-11(18-14)7-20-15(3)5-4-6-16-8-15/h16H,4-8H2,1-3H3,(H,17,18,19). The van der Waals surface area contributed by atoms with Crippen molar-refractivity contribution >= 4 is 21.6 Å². The molecule has 2 aromatic rings. The van der Waals surface area contributed by atoms with Crippen molar-refractivity contribution in [3.8, 4) is 0 Å². The summed E-state index contributed by atoms with van der Waals surface area (Å²) in [5.41, 5.74) is 0.791. The summed E-state index contributed by atoms with van der Waals surface area (Å²) in [6.07, 6.45) is 2.15. The van der Waals surface area contributed by atoms with Gasteiger partial charge in [0, 0.05) is 11.4 Å². The summed E-state index contributed by atoms with van der Waals surface area (Å²) in [4.78, 5) is 21.6. The van der Waals surface area contributed by atoms with E-state index in [4.69, 9.17) is 4.74 Å². The SMILES string of the molecule is Cc1sc2nc(COC3(C)CCCNC3)[nH]c(=O)c2c1C. The van der Waals surface area contributed by atoms with Gasteiger partial charge in [0.25, 0.3) is 5.56 Å². The molecule has 1 aliphatic rings. The van der Waals surface area contributed by atoms with Crippen molar-refractivity contribution in [1.29, 1.82) is 0 Å². The Hall–Kier alpha value is -1.24. The van der Waals surface area contributed by atoms with Crippen LogP contribution in [0, 0.1) is 13.8 Å². The third kappa shape index (κ3) is 2.88. The Balaban J connectivity index is 1.83. The van der Waals surface area contributed by atoms with Crippen molar-refractivity contribution in [3.63, 3.8) is 0 Å². The van der Waals surface area contributed by atoms with E-state index in [2.05, 4.69) is 22.2 Å². The lowest BCUT2D eigenvalue weighted by molar-refractivity contribution is -0.0595. The Morgan fingerprint density at radius 3 is 2.95 bits per heavy atom. The third-order valence-corrected chi connectivity index (χ3v) is 5.30. The lowest BCUT2D eigenvalue weighted by Crippen LogP contribution is -2.45. The first-order valence-corrected chi connectivity index (χ1v) is 8.14. The second kappa shape index (κ2) is 5.51. The predicted molar refractivity (Wildman–Crippen MR) is 85.0 cm³/mol. The van der Waals surface area contributed by atoms with Gasteiger partial charge in [-0.05, 0) is 45.7 Å². The topological polar surface area (TPSA) is 67.0 Å². The van der Waals surface area contributed by atoms with Crippen LogP contribution in [0.5, 0.6) is 0 Å². The molecule has 114 valence electrons. The number of hydrogen-bond donors (Lipinski definition) is 2. The van der Waals surface area contributed by atoms with Crippen molar-refractivity contribution in [3.05, 3.63) is 26.6 Å². The van der Waals surface area contributed by atoms with Crippen molar-refractivity contribution in [2.45, 2.75) is 45.8 Å². The zero-order valence-electron chi connectivity index (χ0n) is 12.7. The van der Waals surface area contributed by atoms with Crippen LogP contribution in [0.25, 0.3) is 10.2 Å². The fraction of sp³-hybridized carbons (Fsp3) is 0.600. The van der Waals surface area contributed by atoms with Crippen LogP contribution in [-0.2, 0) is 11.3 Å². The van der Waals surface area contributed by atoms with Gasteiger partial charge in [-0.15, -0.1) is 11.3 Å². The van der Waals surface area contributed by atoms with Gasteiger partial charge < -0.3 is 15.0 Å². The minimum absolute atomic E-state index is 0.0626. The molecule has 1 unspecified atom stereocenters. The predicted octanol–water partition coefficient (Wildman–Crippen LogP) is 2.26. The lowest BCUT2D eigenvalue weighted by atomic mass is 9.96. The van der Waals surface area contributed by atoms with Gasteiger partial charge >= 0.3 is 0 Å². The van der Waals surface area contributed by atoms with Crippen LogP contribution in [0.4, 0.5) is 0 Å². The molecule has 0 spiro atoms. The summed E-state index contributed by atoms with van der Waals surface area (Å²) >= 11 is 1.57. The monoisotopic (exact) mass is 307 g/mol. The highest BCUT2D eigenvalue weighted by Gasteiger charge is 2.27. The average Bonchev–Trinajstić information content (AvgIpc) is 2.73. The normalized spacial score (nSPS) is 22.8. The second-order valence-electron chi connectivity index (χ2n) is 5.99. The first-order valence-electron chi connectivity index (χ1n) is 7.32. The van der Waals surface area contributed by atoms with Gasteiger partial charge in [0.15, 0.2) is 0 Å². The highest BCUT2D eigenvalue weighted by molar-refractivity contribution is 7.18. The van der Waals surface area contributed by atoms with Crippen LogP contribution in [-0.4, -0.2) is 28.7 Å². The van der Waals surface area contributed by atoms with Crippen LogP contribution < -0.4 is 10.9 Å². The fourth-order valence-electron chi connectivity index (χ4n) is 2.76. The molecule has 1 atom stereocenters. The molecule has 6 heteroatoms. The summed E-state index contributed by atoms with van der Waals surface area (Å²) in [5.74, 6) is 0.612. The number of aromatic amines is 1. The number of ether oxygens (including phenoxy) is 1. The van der Waals surface area contributed by atoms with E-state index in [1.807, 2.05) is 13.8 Å². The number of piperidine rings is 1. The van der Waals surface area contributed by atoms with Crippen molar-refractivity contribution in [2.75, 3.05) is 13.1 Å². The van der Waals surface area contributed by atoms with Crippen LogP contribution in [0.1, 0.15) is 36.0 Å². The minimum atomic E-state index is -0.174. The molecular formula is C15H21N3O2S. The number of rotatable bonds is 3. The number of aromatic nitrogens is 2. The number of aryl methyl sites for hydroxylation is 2. The van der Waals surface area contributed by atoms with E-state index in [0.717, 1.165) is 41.2 Å². The number of nitrogens with one attached hydrogen (secondary N) is 2. The molecule has 21 heavy (non-hydrogen) atoms. The van der Waals surface area contributed by atoms with Gasteiger partial charge in [0.2, 0.25) is 0 Å². The molecule has 1 fully saturated rings. The van der Waals surface area contributed by atoms with Gasteiger partial charge in [-0.1, -0.05) is 0 Å². The Kier molecular flexibility index (Phi) is 3.86. The van der Waals surface area contributed by atoms with Crippen LogP contribution in [0.2, 0.25) is 0 Å². The van der Waals surface area contributed by atoms with Gasteiger partial charge in [-0.3, -0.25) is 4.79 Å². The van der Waals surface area contributed by atoms with E-state index in [-0.39, 0.29) is 11.2 Å². The molecule has 2 N–H and O–H groups in total. The molecule has 0 radical (unpaired) electrons. The van der Waals surface area contributed by atoms with Crippen LogP contribution in [0.15, 0.2) is 4.79 Å². The molecule has 0 amide bonds. The minimum Gasteiger partial charge on any atom is -0.366 e. The van der Waals surface area contributed by atoms with Crippen LogP contribution >= 0.6 is 11.3 Å². The van der Waals surface area contributed by atoms with Gasteiger partial charge in [0.05, 0.1) is 11.0 Å². The molecule has 1 saturated heterocycles. The maximum Gasteiger partial charge on any atom is 0.259 e. The quantitative estimate of drug-likeness (QED) is 0.913. The summed E-state index contributed by atoms with van der Waals surface area (Å²) in [5, 5.41) is 4.06. The molecule has 0 saturated carbocycles. The van der Waals surface area contributed by atoms with E-state index in [0.29, 0.717) is 17.8 Å². The highest BCUT2D eigenvalue weighted by atomic mass is 32.1. The second-order valence-corrected chi connectivity index (χ2v) is 7.20. The fourth-order valence-corrected chi connectivity index (χ4v) is 3.81. The molecule has 3 rings (SSSR count). The van der Waals surface area contributed by atoms with E-state index in [1.54, 1.807) is 11.3 Å². The summed E-state index contributed by atoms with van der Waals surface area (Å²) in [6, 6.07) is 0. The van der Waals surface area contributed by atoms with Crippen molar-refractivity contribution < 1.29 is 4.74 Å². The van der Waals surface area contributed by atoms with Crippen molar-refractivity contribution in [1.82, 2.24) is 15.3 Å². The van der Waals surface area contributed by atoms with Gasteiger partial charge in [-0.2, -0.15) is 0 Å². The molecule has 0 bridgehead atoms.